The number of fused-ring (bicyclic) bond motifs is 1. The number of hydrogen-bond acceptors (Lipinski definition) is 7. The third-order valence-electron chi connectivity index (χ3n) is 4.55. The highest BCUT2D eigenvalue weighted by Gasteiger charge is 2.41. The molecule has 0 spiro atoms. The van der Waals surface area contributed by atoms with Gasteiger partial charge in [0.25, 0.3) is 5.91 Å². The van der Waals surface area contributed by atoms with Crippen LogP contribution in [0.2, 0.25) is 0 Å². The lowest BCUT2D eigenvalue weighted by Crippen LogP contribution is -2.45. The quantitative estimate of drug-likeness (QED) is 0.664. The smallest absolute Gasteiger partial charge is 0.338 e. The molecular weight excluding hydrogens is 406 g/mol. The maximum absolute atomic E-state index is 13.0. The molecule has 0 saturated carbocycles. The van der Waals surface area contributed by atoms with Crippen molar-refractivity contribution in [1.29, 1.82) is 0 Å². The Bertz CT molecular complexity index is 908. The van der Waals surface area contributed by atoms with Crippen molar-refractivity contribution in [2.45, 2.75) is 33.2 Å². The number of nitrogens with zero attached hydrogens (tertiary/aromatic N) is 2. The monoisotopic (exact) mass is 431 g/mol. The standard InChI is InChI=1S/C21H25N3O5S/c1-12(2)10-29-20(27)18-13(3)23-21-24(17(26)8-9-30-21)19(18)14-4-6-15(7-5-14)28-11-16(22)25/h4-7,12,19H,8-11H2,1-3H3,(H2,22,25). The molecule has 9 heteroatoms. The van der Waals surface area contributed by atoms with Crippen molar-refractivity contribution in [2.24, 2.45) is 16.6 Å². The summed E-state index contributed by atoms with van der Waals surface area (Å²) >= 11 is 1.49. The van der Waals surface area contributed by atoms with Gasteiger partial charge in [-0.25, -0.2) is 9.79 Å². The lowest BCUT2D eigenvalue weighted by molar-refractivity contribution is -0.141. The SMILES string of the molecule is CC1=C(C(=O)OCC(C)C)C(c2ccc(OCC(N)=O)cc2)N2C(=O)CCSC2=N1. The van der Waals surface area contributed by atoms with Gasteiger partial charge in [0.05, 0.1) is 23.9 Å². The number of amidine groups is 1. The number of thioether (sulfide) groups is 1. The summed E-state index contributed by atoms with van der Waals surface area (Å²) in [6.07, 6.45) is 0.368. The average molecular weight is 432 g/mol. The van der Waals surface area contributed by atoms with Gasteiger partial charge in [0.15, 0.2) is 11.8 Å². The number of carbonyl (C=O) groups is 3. The van der Waals surface area contributed by atoms with Crippen LogP contribution in [0.4, 0.5) is 0 Å². The summed E-state index contributed by atoms with van der Waals surface area (Å²) in [5, 5.41) is 0.586. The number of carbonyl (C=O) groups excluding carboxylic acids is 3. The van der Waals surface area contributed by atoms with Gasteiger partial charge in [0, 0.05) is 12.2 Å². The number of hydrogen-bond donors (Lipinski definition) is 1. The Balaban J connectivity index is 1.98. The molecule has 1 fully saturated rings. The van der Waals surface area contributed by atoms with Gasteiger partial charge in [0.1, 0.15) is 5.75 Å². The summed E-state index contributed by atoms with van der Waals surface area (Å²) in [5.41, 5.74) is 6.72. The van der Waals surface area contributed by atoms with Crippen LogP contribution in [0.3, 0.4) is 0 Å². The van der Waals surface area contributed by atoms with Crippen LogP contribution in [0.1, 0.15) is 38.8 Å². The first-order valence-electron chi connectivity index (χ1n) is 9.70. The topological polar surface area (TPSA) is 111 Å². The third kappa shape index (κ3) is 4.84. The molecule has 30 heavy (non-hydrogen) atoms. The molecule has 1 saturated heterocycles. The Kier molecular flexibility index (Phi) is 6.81. The van der Waals surface area contributed by atoms with E-state index in [4.69, 9.17) is 15.2 Å². The van der Waals surface area contributed by atoms with Crippen LogP contribution in [0, 0.1) is 5.92 Å². The van der Waals surface area contributed by atoms with Crippen LogP contribution in [-0.4, -0.2) is 46.8 Å². The minimum absolute atomic E-state index is 0.0896. The Morgan fingerprint density at radius 2 is 2.00 bits per heavy atom. The molecule has 1 unspecified atom stereocenters. The molecule has 2 heterocycles. The van der Waals surface area contributed by atoms with Gasteiger partial charge in [-0.2, -0.15) is 0 Å². The fraction of sp³-hybridized carbons (Fsp3) is 0.429. The normalized spacial score (nSPS) is 18.8. The van der Waals surface area contributed by atoms with Crippen molar-refractivity contribution in [1.82, 2.24) is 4.90 Å². The molecular formula is C21H25N3O5S. The molecule has 8 nitrogen and oxygen atoms in total. The summed E-state index contributed by atoms with van der Waals surface area (Å²) in [4.78, 5) is 42.7. The molecule has 2 aliphatic heterocycles. The van der Waals surface area contributed by atoms with E-state index in [1.807, 2.05) is 13.8 Å². The van der Waals surface area contributed by atoms with E-state index in [9.17, 15) is 14.4 Å². The van der Waals surface area contributed by atoms with Gasteiger partial charge < -0.3 is 15.2 Å². The van der Waals surface area contributed by atoms with Crippen LogP contribution in [-0.2, 0) is 19.1 Å². The predicted octanol–water partition coefficient (Wildman–Crippen LogP) is 2.40. The number of aliphatic imine (C=N–C) groups is 1. The van der Waals surface area contributed by atoms with E-state index in [0.29, 0.717) is 34.4 Å². The number of primary amides is 1. The fourth-order valence-electron chi connectivity index (χ4n) is 3.19. The van der Waals surface area contributed by atoms with E-state index in [2.05, 4.69) is 4.99 Å². The molecule has 1 aromatic rings. The summed E-state index contributed by atoms with van der Waals surface area (Å²) in [5.74, 6) is 0.161. The Labute approximate surface area is 179 Å². The van der Waals surface area contributed by atoms with Gasteiger partial charge in [-0.05, 0) is 30.5 Å². The first kappa shape index (κ1) is 21.9. The average Bonchev–Trinajstić information content (AvgIpc) is 2.70. The summed E-state index contributed by atoms with van der Waals surface area (Å²) in [6, 6.07) is 6.25. The molecule has 0 radical (unpaired) electrons. The van der Waals surface area contributed by atoms with Crippen molar-refractivity contribution in [3.05, 3.63) is 41.1 Å². The zero-order valence-electron chi connectivity index (χ0n) is 17.2. The fourth-order valence-corrected chi connectivity index (χ4v) is 4.20. The molecule has 2 aliphatic rings. The van der Waals surface area contributed by atoms with Crippen molar-refractivity contribution in [3.63, 3.8) is 0 Å². The van der Waals surface area contributed by atoms with Gasteiger partial charge in [-0.15, -0.1) is 0 Å². The van der Waals surface area contributed by atoms with Crippen molar-refractivity contribution in [2.75, 3.05) is 19.0 Å². The van der Waals surface area contributed by atoms with Crippen molar-refractivity contribution < 1.29 is 23.9 Å². The number of amides is 2. The Morgan fingerprint density at radius 1 is 1.30 bits per heavy atom. The lowest BCUT2D eigenvalue weighted by atomic mass is 9.94. The largest absolute Gasteiger partial charge is 0.484 e. The number of nitrogens with two attached hydrogens (primary N) is 1. The maximum Gasteiger partial charge on any atom is 0.338 e. The van der Waals surface area contributed by atoms with Crippen LogP contribution in [0.25, 0.3) is 0 Å². The first-order chi connectivity index (χ1) is 14.3. The molecule has 0 aliphatic carbocycles. The predicted molar refractivity (Wildman–Crippen MR) is 114 cm³/mol. The minimum Gasteiger partial charge on any atom is -0.484 e. The van der Waals surface area contributed by atoms with Crippen LogP contribution in [0.5, 0.6) is 5.75 Å². The molecule has 2 N–H and O–H groups in total. The third-order valence-corrected chi connectivity index (χ3v) is 5.51. The van der Waals surface area contributed by atoms with Gasteiger partial charge in [-0.1, -0.05) is 37.7 Å². The van der Waals surface area contributed by atoms with E-state index in [0.717, 1.165) is 5.56 Å². The van der Waals surface area contributed by atoms with Gasteiger partial charge >= 0.3 is 5.97 Å². The Hall–Kier alpha value is -2.81. The summed E-state index contributed by atoms with van der Waals surface area (Å²) in [6.45, 7) is 5.72. The van der Waals surface area contributed by atoms with E-state index in [1.165, 1.54) is 11.8 Å². The molecule has 1 atom stereocenters. The number of allylic oxidation sites excluding steroid dienone is 1. The van der Waals surface area contributed by atoms with Gasteiger partial charge in [0.2, 0.25) is 5.91 Å². The molecule has 2 amide bonds. The van der Waals surface area contributed by atoms with Crippen LogP contribution in [0.15, 0.2) is 40.5 Å². The second-order valence-electron chi connectivity index (χ2n) is 7.47. The summed E-state index contributed by atoms with van der Waals surface area (Å²) < 4.78 is 10.8. The van der Waals surface area contributed by atoms with E-state index < -0.39 is 17.9 Å². The number of esters is 1. The second kappa shape index (κ2) is 9.34. The van der Waals surface area contributed by atoms with Crippen LogP contribution >= 0.6 is 11.8 Å². The molecule has 160 valence electrons. The lowest BCUT2D eigenvalue weighted by Gasteiger charge is -2.39. The number of benzene rings is 1. The first-order valence-corrected chi connectivity index (χ1v) is 10.7. The van der Waals surface area contributed by atoms with Gasteiger partial charge in [-0.3, -0.25) is 14.5 Å². The zero-order valence-corrected chi connectivity index (χ0v) is 18.0. The number of ether oxygens (including phenoxy) is 2. The molecule has 0 bridgehead atoms. The maximum atomic E-state index is 13.0. The molecule has 3 rings (SSSR count). The number of rotatable bonds is 7. The molecule has 0 aromatic heterocycles. The zero-order chi connectivity index (χ0) is 21.8. The van der Waals surface area contributed by atoms with E-state index in [1.54, 1.807) is 36.1 Å². The van der Waals surface area contributed by atoms with Crippen LogP contribution < -0.4 is 10.5 Å². The Morgan fingerprint density at radius 3 is 2.63 bits per heavy atom. The van der Waals surface area contributed by atoms with Crippen molar-refractivity contribution >= 4 is 34.7 Å². The highest BCUT2D eigenvalue weighted by Crippen LogP contribution is 2.40. The highest BCUT2D eigenvalue weighted by atomic mass is 32.2. The van der Waals surface area contributed by atoms with E-state index in [-0.39, 0.29) is 25.0 Å². The highest BCUT2D eigenvalue weighted by molar-refractivity contribution is 8.14. The minimum atomic E-state index is -0.636. The summed E-state index contributed by atoms with van der Waals surface area (Å²) in [7, 11) is 0. The second-order valence-corrected chi connectivity index (χ2v) is 8.54. The van der Waals surface area contributed by atoms with E-state index >= 15 is 0 Å². The van der Waals surface area contributed by atoms with Crippen molar-refractivity contribution in [3.8, 4) is 5.75 Å². The molecule has 1 aromatic carbocycles.